The van der Waals surface area contributed by atoms with Crippen molar-refractivity contribution in [1.29, 1.82) is 0 Å². The second kappa shape index (κ2) is 9.68. The van der Waals surface area contributed by atoms with Crippen LogP contribution in [0.15, 0.2) is 0 Å². The molecule has 0 aromatic heterocycles. The van der Waals surface area contributed by atoms with E-state index < -0.39 is 11.5 Å². The first-order valence-corrected chi connectivity index (χ1v) is 8.22. The van der Waals surface area contributed by atoms with Crippen molar-refractivity contribution in [2.24, 2.45) is 0 Å². The molecule has 0 bridgehead atoms. The van der Waals surface area contributed by atoms with Gasteiger partial charge < -0.3 is 5.11 Å². The highest BCUT2D eigenvalue weighted by Crippen LogP contribution is 2.21. The van der Waals surface area contributed by atoms with Crippen LogP contribution >= 0.6 is 11.8 Å². The smallest absolute Gasteiger partial charge is 0.323 e. The summed E-state index contributed by atoms with van der Waals surface area (Å²) in [6.07, 6.45) is 4.81. The first-order chi connectivity index (χ1) is 8.48. The van der Waals surface area contributed by atoms with Crippen LogP contribution < -0.4 is 5.32 Å². The first-order valence-electron chi connectivity index (χ1n) is 7.07. The van der Waals surface area contributed by atoms with Crippen molar-refractivity contribution in [2.45, 2.75) is 71.4 Å². The Morgan fingerprint density at radius 3 is 2.33 bits per heavy atom. The van der Waals surface area contributed by atoms with Crippen LogP contribution in [0, 0.1) is 0 Å². The molecule has 1 unspecified atom stereocenters. The summed E-state index contributed by atoms with van der Waals surface area (Å²) in [6, 6.07) is 0.203. The molecule has 3 nitrogen and oxygen atoms in total. The van der Waals surface area contributed by atoms with Gasteiger partial charge >= 0.3 is 5.97 Å². The van der Waals surface area contributed by atoms with E-state index in [1.165, 1.54) is 18.6 Å². The van der Waals surface area contributed by atoms with Crippen LogP contribution in [0.25, 0.3) is 0 Å². The second-order valence-corrected chi connectivity index (χ2v) is 6.33. The fraction of sp³-hybridized carbons (Fsp3) is 0.929. The van der Waals surface area contributed by atoms with Crippen LogP contribution in [0.2, 0.25) is 0 Å². The molecule has 0 fully saturated rings. The number of thioether (sulfide) groups is 1. The lowest BCUT2D eigenvalue weighted by atomic mass is 9.90. The molecular weight excluding hydrogens is 246 g/mol. The Bertz CT molecular complexity index is 234. The minimum Gasteiger partial charge on any atom is -0.480 e. The Balaban J connectivity index is 4.12. The second-order valence-electron chi connectivity index (χ2n) is 5.11. The zero-order chi connectivity index (χ0) is 14.0. The lowest BCUT2D eigenvalue weighted by Gasteiger charge is -2.31. The van der Waals surface area contributed by atoms with Crippen molar-refractivity contribution >= 4 is 17.7 Å². The normalized spacial score (nSPS) is 14.7. The molecule has 0 aliphatic rings. The van der Waals surface area contributed by atoms with Gasteiger partial charge in [0, 0.05) is 6.04 Å². The van der Waals surface area contributed by atoms with E-state index in [1.807, 2.05) is 32.5 Å². The number of hydrogen-bond donors (Lipinski definition) is 2. The van der Waals surface area contributed by atoms with Crippen LogP contribution in [0.5, 0.6) is 0 Å². The third-order valence-electron chi connectivity index (χ3n) is 3.11. The van der Waals surface area contributed by atoms with Crippen molar-refractivity contribution in [2.75, 3.05) is 11.5 Å². The highest BCUT2D eigenvalue weighted by Gasteiger charge is 2.36. The van der Waals surface area contributed by atoms with Crippen molar-refractivity contribution in [3.8, 4) is 0 Å². The van der Waals surface area contributed by atoms with E-state index in [2.05, 4.69) is 12.2 Å². The van der Waals surface area contributed by atoms with Crippen LogP contribution in [0.3, 0.4) is 0 Å². The van der Waals surface area contributed by atoms with Gasteiger partial charge in [-0.2, -0.15) is 11.8 Å². The number of nitrogens with one attached hydrogen (secondary N) is 1. The zero-order valence-electron chi connectivity index (χ0n) is 12.3. The number of carboxylic acid groups (broad SMARTS) is 1. The third-order valence-corrected chi connectivity index (χ3v) is 4.27. The summed E-state index contributed by atoms with van der Waals surface area (Å²) >= 11 is 1.94. The molecule has 0 saturated carbocycles. The monoisotopic (exact) mass is 275 g/mol. The van der Waals surface area contributed by atoms with E-state index in [4.69, 9.17) is 0 Å². The van der Waals surface area contributed by atoms with Crippen LogP contribution in [-0.2, 0) is 4.79 Å². The number of aliphatic carboxylic acids is 1. The lowest BCUT2D eigenvalue weighted by molar-refractivity contribution is -0.145. The van der Waals surface area contributed by atoms with E-state index in [0.29, 0.717) is 6.42 Å². The predicted octanol–water partition coefficient (Wildman–Crippen LogP) is 3.53. The first kappa shape index (κ1) is 17.8. The fourth-order valence-electron chi connectivity index (χ4n) is 2.05. The summed E-state index contributed by atoms with van der Waals surface area (Å²) in [7, 11) is 0. The summed E-state index contributed by atoms with van der Waals surface area (Å²) in [5.74, 6) is 1.55. The standard InChI is InChI=1S/C14H29NO2S/c1-5-7-10-18-11-8-9-14(6-2,13(16)17)15-12(3)4/h12,15H,5-11H2,1-4H3,(H,16,17). The van der Waals surface area contributed by atoms with Gasteiger partial charge in [-0.3, -0.25) is 10.1 Å². The zero-order valence-corrected chi connectivity index (χ0v) is 13.1. The molecule has 0 aromatic rings. The SMILES string of the molecule is CCCCSCCCC(CC)(NC(C)C)C(=O)O. The molecular formula is C14H29NO2S. The Labute approximate surface area is 116 Å². The minimum atomic E-state index is -0.737. The van der Waals surface area contributed by atoms with Gasteiger partial charge in [0.05, 0.1) is 0 Å². The predicted molar refractivity (Wildman–Crippen MR) is 80.4 cm³/mol. The van der Waals surface area contributed by atoms with Gasteiger partial charge in [0.25, 0.3) is 0 Å². The van der Waals surface area contributed by atoms with E-state index >= 15 is 0 Å². The molecule has 0 radical (unpaired) electrons. The number of hydrogen-bond acceptors (Lipinski definition) is 3. The van der Waals surface area contributed by atoms with Gasteiger partial charge in [-0.25, -0.2) is 0 Å². The Morgan fingerprint density at radius 2 is 1.89 bits per heavy atom. The summed E-state index contributed by atoms with van der Waals surface area (Å²) in [5.41, 5.74) is -0.737. The van der Waals surface area contributed by atoms with E-state index in [9.17, 15) is 9.90 Å². The number of carbonyl (C=O) groups is 1. The molecule has 0 rings (SSSR count). The molecule has 0 aliphatic heterocycles. The quantitative estimate of drug-likeness (QED) is 0.566. The van der Waals surface area contributed by atoms with Gasteiger partial charge in [-0.15, -0.1) is 0 Å². The van der Waals surface area contributed by atoms with Crippen LogP contribution in [0.4, 0.5) is 0 Å². The number of rotatable bonds is 11. The number of unbranched alkanes of at least 4 members (excludes halogenated alkanes) is 1. The largest absolute Gasteiger partial charge is 0.480 e. The van der Waals surface area contributed by atoms with Crippen LogP contribution in [0.1, 0.15) is 59.8 Å². The highest BCUT2D eigenvalue weighted by molar-refractivity contribution is 7.99. The molecule has 0 amide bonds. The van der Waals surface area contributed by atoms with Gasteiger partial charge in [-0.05, 0) is 51.0 Å². The van der Waals surface area contributed by atoms with Gasteiger partial charge in [0.2, 0.25) is 0 Å². The van der Waals surface area contributed by atoms with Crippen LogP contribution in [-0.4, -0.2) is 34.2 Å². The van der Waals surface area contributed by atoms with E-state index in [1.54, 1.807) is 0 Å². The summed E-state index contributed by atoms with van der Waals surface area (Å²) in [6.45, 7) is 8.15. The summed E-state index contributed by atoms with van der Waals surface area (Å²) in [4.78, 5) is 11.5. The molecule has 1 atom stereocenters. The van der Waals surface area contributed by atoms with Gasteiger partial charge in [0.15, 0.2) is 0 Å². The Morgan fingerprint density at radius 1 is 1.28 bits per heavy atom. The Kier molecular flexibility index (Phi) is 9.56. The topological polar surface area (TPSA) is 49.3 Å². The number of carboxylic acids is 1. The molecule has 2 N–H and O–H groups in total. The van der Waals surface area contributed by atoms with Crippen molar-refractivity contribution in [3.63, 3.8) is 0 Å². The minimum absolute atomic E-state index is 0.203. The summed E-state index contributed by atoms with van der Waals surface area (Å²) in [5, 5.41) is 12.7. The summed E-state index contributed by atoms with van der Waals surface area (Å²) < 4.78 is 0. The maximum Gasteiger partial charge on any atom is 0.323 e. The molecule has 0 spiro atoms. The molecule has 108 valence electrons. The average molecular weight is 275 g/mol. The van der Waals surface area contributed by atoms with E-state index in [-0.39, 0.29) is 6.04 Å². The van der Waals surface area contributed by atoms with Gasteiger partial charge in [0.1, 0.15) is 5.54 Å². The van der Waals surface area contributed by atoms with Crippen molar-refractivity contribution in [1.82, 2.24) is 5.32 Å². The highest BCUT2D eigenvalue weighted by atomic mass is 32.2. The molecule has 18 heavy (non-hydrogen) atoms. The third kappa shape index (κ3) is 6.64. The molecule has 4 heteroatoms. The lowest BCUT2D eigenvalue weighted by Crippen LogP contribution is -2.54. The molecule has 0 aromatic carbocycles. The molecule has 0 saturated heterocycles. The fourth-order valence-corrected chi connectivity index (χ4v) is 3.09. The maximum atomic E-state index is 11.5. The van der Waals surface area contributed by atoms with Crippen molar-refractivity contribution < 1.29 is 9.90 Å². The van der Waals surface area contributed by atoms with Crippen molar-refractivity contribution in [3.05, 3.63) is 0 Å². The average Bonchev–Trinajstić information content (AvgIpc) is 2.31. The van der Waals surface area contributed by atoms with Gasteiger partial charge in [-0.1, -0.05) is 20.3 Å². The molecule has 0 heterocycles. The van der Waals surface area contributed by atoms with E-state index in [0.717, 1.165) is 18.6 Å². The maximum absolute atomic E-state index is 11.5. The molecule has 0 aliphatic carbocycles. The Hall–Kier alpha value is -0.220.